The maximum absolute atomic E-state index is 12.1. The van der Waals surface area contributed by atoms with Gasteiger partial charge in [0.05, 0.1) is 13.2 Å². The fraction of sp³-hybridized carbons (Fsp3) is 0.545. The zero-order valence-electron chi connectivity index (χ0n) is 18.5. The van der Waals surface area contributed by atoms with Gasteiger partial charge in [0.25, 0.3) is 0 Å². The van der Waals surface area contributed by atoms with Crippen molar-refractivity contribution < 1.29 is 33.5 Å². The second-order valence-corrected chi connectivity index (χ2v) is 8.20. The number of hydrogen-bond donors (Lipinski definition) is 2. The largest absolute Gasteiger partial charge is 0.478 e. The third-order valence-electron chi connectivity index (χ3n) is 4.89. The van der Waals surface area contributed by atoms with Crippen LogP contribution in [-0.2, 0) is 19.1 Å². The first-order chi connectivity index (χ1) is 14.5. The number of aliphatic carboxylic acids is 1. The number of ether oxygens (including phenoxy) is 1. The molecule has 1 fully saturated rings. The number of hydrogen-bond acceptors (Lipinski definition) is 6. The molecule has 0 aromatic carbocycles. The Labute approximate surface area is 182 Å². The molecule has 31 heavy (non-hydrogen) atoms. The van der Waals surface area contributed by atoms with Crippen LogP contribution in [0.4, 0.5) is 4.79 Å². The summed E-state index contributed by atoms with van der Waals surface area (Å²) in [5.41, 5.74) is 5.82. The van der Waals surface area contributed by atoms with Crippen molar-refractivity contribution in [3.05, 3.63) is 30.0 Å². The Balaban J connectivity index is 0.000000452. The van der Waals surface area contributed by atoms with Crippen LogP contribution in [-0.4, -0.2) is 58.5 Å². The molecule has 2 aliphatic rings. The third-order valence-corrected chi connectivity index (χ3v) is 4.89. The van der Waals surface area contributed by atoms with Crippen LogP contribution in [0, 0.1) is 5.92 Å². The summed E-state index contributed by atoms with van der Waals surface area (Å²) in [6.45, 7) is 5.57. The van der Waals surface area contributed by atoms with E-state index in [0.717, 1.165) is 25.3 Å². The number of ketones is 1. The van der Waals surface area contributed by atoms with E-state index in [-0.39, 0.29) is 40.0 Å². The smallest absolute Gasteiger partial charge is 0.451 e. The molecule has 0 aromatic heterocycles. The SMILES string of the molecule is CC(=C=O)/C=C\C(=O)O.CC(C)CC(=O)CCC1CCC([N+]2(C)C=CC(N)=NC2=O)O1. The van der Waals surface area contributed by atoms with Crippen molar-refractivity contribution in [3.63, 3.8) is 0 Å². The lowest BCUT2D eigenvalue weighted by atomic mass is 10.0. The number of amidine groups is 1. The number of urea groups is 1. The van der Waals surface area contributed by atoms with Crippen molar-refractivity contribution in [2.45, 2.75) is 65.2 Å². The summed E-state index contributed by atoms with van der Waals surface area (Å²) in [6.07, 6.45) is 8.81. The van der Waals surface area contributed by atoms with Crippen LogP contribution < -0.4 is 5.73 Å². The zero-order valence-corrected chi connectivity index (χ0v) is 18.5. The molecule has 3 unspecified atom stereocenters. The van der Waals surface area contributed by atoms with Gasteiger partial charge in [0.15, 0.2) is 0 Å². The average Bonchev–Trinajstić information content (AvgIpc) is 3.17. The molecular formula is C22H32N3O6+. The van der Waals surface area contributed by atoms with Crippen molar-refractivity contribution >= 4 is 29.6 Å². The van der Waals surface area contributed by atoms with Crippen LogP contribution in [0.5, 0.6) is 0 Å². The number of nitrogens with two attached hydrogens (primary N) is 1. The number of amides is 2. The number of carbonyl (C=O) groups excluding carboxylic acids is 3. The number of quaternary nitrogens is 1. The molecule has 3 N–H and O–H groups in total. The van der Waals surface area contributed by atoms with Crippen LogP contribution in [0.1, 0.15) is 52.9 Å². The summed E-state index contributed by atoms with van der Waals surface area (Å²) >= 11 is 0. The Bertz CT molecular complexity index is 823. The van der Waals surface area contributed by atoms with Crippen LogP contribution >= 0.6 is 0 Å². The number of allylic oxidation sites excluding steroid dienone is 2. The summed E-state index contributed by atoms with van der Waals surface area (Å²) in [5.74, 6) is 1.39. The van der Waals surface area contributed by atoms with Gasteiger partial charge in [0.2, 0.25) is 6.23 Å². The van der Waals surface area contributed by atoms with Gasteiger partial charge in [0.1, 0.15) is 23.8 Å². The first-order valence-electron chi connectivity index (χ1n) is 10.2. The molecule has 2 heterocycles. The van der Waals surface area contributed by atoms with Crippen LogP contribution in [0.2, 0.25) is 0 Å². The topological polar surface area (TPSA) is 136 Å². The summed E-state index contributed by atoms with van der Waals surface area (Å²) in [4.78, 5) is 47.2. The highest BCUT2D eigenvalue weighted by atomic mass is 16.5. The summed E-state index contributed by atoms with van der Waals surface area (Å²) in [6, 6.07) is -0.304. The summed E-state index contributed by atoms with van der Waals surface area (Å²) in [5, 5.41) is 8.03. The maximum atomic E-state index is 12.1. The van der Waals surface area contributed by atoms with Crippen molar-refractivity contribution in [1.29, 1.82) is 0 Å². The van der Waals surface area contributed by atoms with Gasteiger partial charge in [-0.2, -0.15) is 4.48 Å². The molecule has 9 nitrogen and oxygen atoms in total. The Morgan fingerprint density at radius 2 is 2.06 bits per heavy atom. The maximum Gasteiger partial charge on any atom is 0.451 e. The second kappa shape index (κ2) is 12.1. The Morgan fingerprint density at radius 1 is 1.39 bits per heavy atom. The molecular weight excluding hydrogens is 402 g/mol. The molecule has 0 spiro atoms. The van der Waals surface area contributed by atoms with Crippen molar-refractivity contribution in [2.75, 3.05) is 7.05 Å². The molecule has 1 saturated heterocycles. The van der Waals surface area contributed by atoms with Gasteiger partial charge in [-0.25, -0.2) is 14.4 Å². The molecule has 0 radical (unpaired) electrons. The van der Waals surface area contributed by atoms with Gasteiger partial charge >= 0.3 is 12.0 Å². The van der Waals surface area contributed by atoms with Crippen LogP contribution in [0.15, 0.2) is 35.0 Å². The van der Waals surface area contributed by atoms with E-state index in [2.05, 4.69) is 4.99 Å². The first kappa shape index (κ1) is 26.2. The minimum Gasteiger partial charge on any atom is -0.478 e. The van der Waals surface area contributed by atoms with E-state index in [4.69, 9.17) is 15.6 Å². The molecule has 0 aliphatic carbocycles. The van der Waals surface area contributed by atoms with E-state index < -0.39 is 5.97 Å². The molecule has 2 rings (SSSR count). The first-order valence-corrected chi connectivity index (χ1v) is 10.2. The Morgan fingerprint density at radius 3 is 2.61 bits per heavy atom. The zero-order chi connectivity index (χ0) is 23.6. The predicted molar refractivity (Wildman–Crippen MR) is 116 cm³/mol. The van der Waals surface area contributed by atoms with Gasteiger partial charge in [-0.15, -0.1) is 4.99 Å². The number of carboxylic acids is 1. The molecule has 0 aromatic rings. The molecule has 0 saturated carbocycles. The van der Waals surface area contributed by atoms with Gasteiger partial charge in [-0.05, 0) is 31.8 Å². The molecule has 2 aliphatic heterocycles. The minimum absolute atomic E-state index is 0.00284. The number of aliphatic imine (C=N–C) groups is 1. The Kier molecular flexibility index (Phi) is 10.2. The van der Waals surface area contributed by atoms with E-state index >= 15 is 0 Å². The van der Waals surface area contributed by atoms with Crippen molar-refractivity contribution in [1.82, 2.24) is 0 Å². The Hall–Kier alpha value is -2.87. The standard InChI is InChI=1S/C16H25N3O3.C6H6O3/c1-11(2)10-12(20)4-5-13-6-7-15(22-13)19(3)9-8-14(17)18-16(19)21;1-5(4-7)2-3-6(8)9/h8-9,11,13,15H,4-7,10H2,1-3H3,(H-,17,18,21);2-3H,1H3,(H,8,9)/p+1/b;3-2-. The van der Waals surface area contributed by atoms with E-state index in [0.29, 0.717) is 18.8 Å². The number of carboxylic acid groups (broad SMARTS) is 1. The molecule has 2 amide bonds. The number of nitrogens with zero attached hydrogens (tertiary/aromatic N) is 2. The fourth-order valence-corrected chi connectivity index (χ4v) is 3.17. The van der Waals surface area contributed by atoms with E-state index in [9.17, 15) is 19.2 Å². The molecule has 3 atom stereocenters. The van der Waals surface area contributed by atoms with E-state index in [1.165, 1.54) is 18.9 Å². The summed E-state index contributed by atoms with van der Waals surface area (Å²) in [7, 11) is 1.78. The van der Waals surface area contributed by atoms with Gasteiger partial charge in [-0.1, -0.05) is 13.8 Å². The van der Waals surface area contributed by atoms with Crippen LogP contribution in [0.3, 0.4) is 0 Å². The molecule has 0 bridgehead atoms. The summed E-state index contributed by atoms with van der Waals surface area (Å²) < 4.78 is 6.00. The van der Waals surface area contributed by atoms with Crippen molar-refractivity contribution in [2.24, 2.45) is 16.6 Å². The normalized spacial score (nSPS) is 25.1. The van der Waals surface area contributed by atoms with Gasteiger partial charge in [0, 0.05) is 37.0 Å². The molecule has 170 valence electrons. The number of Topliss-reactive ketones (excluding diaryl/α,β-unsaturated/α-hetero) is 1. The third kappa shape index (κ3) is 8.80. The van der Waals surface area contributed by atoms with Gasteiger partial charge in [-0.3, -0.25) is 4.79 Å². The lowest BCUT2D eigenvalue weighted by molar-refractivity contribution is -0.830. The van der Waals surface area contributed by atoms with E-state index in [1.54, 1.807) is 19.3 Å². The monoisotopic (exact) mass is 434 g/mol. The lowest BCUT2D eigenvalue weighted by Gasteiger charge is -2.32. The van der Waals surface area contributed by atoms with Gasteiger partial charge < -0.3 is 15.6 Å². The highest BCUT2D eigenvalue weighted by Crippen LogP contribution is 2.31. The average molecular weight is 435 g/mol. The highest BCUT2D eigenvalue weighted by Gasteiger charge is 2.45. The minimum atomic E-state index is -1.07. The lowest BCUT2D eigenvalue weighted by Crippen LogP contribution is -2.53. The van der Waals surface area contributed by atoms with Crippen molar-refractivity contribution in [3.8, 4) is 0 Å². The predicted octanol–water partition coefficient (Wildman–Crippen LogP) is 2.74. The van der Waals surface area contributed by atoms with Crippen LogP contribution in [0.25, 0.3) is 0 Å². The molecule has 9 heteroatoms. The number of rotatable bonds is 8. The number of carbonyl (C=O) groups is 3. The highest BCUT2D eigenvalue weighted by molar-refractivity contribution is 5.99. The van der Waals surface area contributed by atoms with E-state index in [1.807, 2.05) is 13.8 Å². The quantitative estimate of drug-likeness (QED) is 0.259. The second-order valence-electron chi connectivity index (χ2n) is 8.20. The fourth-order valence-electron chi connectivity index (χ4n) is 3.17.